The zero-order valence-corrected chi connectivity index (χ0v) is 15.4. The molecular weight excluding hydrogens is 384 g/mol. The van der Waals surface area contributed by atoms with Gasteiger partial charge in [-0.25, -0.2) is 9.97 Å². The standard InChI is InChI=1S/C18H15ClN6O3/c1-11-7-8-13(19)9-14(11)22-16-15(25(27)28)17(21-10-20-16)23-24-18(26)12-5-3-2-4-6-12/h2-10H,1H3,(H,24,26)(H2,20,21,22,23). The van der Waals surface area contributed by atoms with E-state index >= 15 is 0 Å². The number of carbonyl (C=O) groups is 1. The molecule has 9 nitrogen and oxygen atoms in total. The number of anilines is 3. The van der Waals surface area contributed by atoms with Crippen LogP contribution in [-0.2, 0) is 0 Å². The van der Waals surface area contributed by atoms with Gasteiger partial charge in [-0.3, -0.25) is 25.8 Å². The summed E-state index contributed by atoms with van der Waals surface area (Å²) in [4.78, 5) is 30.9. The predicted molar refractivity (Wildman–Crippen MR) is 106 cm³/mol. The number of benzene rings is 2. The molecule has 0 unspecified atom stereocenters. The van der Waals surface area contributed by atoms with Gasteiger partial charge in [0.05, 0.1) is 4.92 Å². The van der Waals surface area contributed by atoms with Crippen molar-refractivity contribution >= 4 is 40.5 Å². The first kappa shape index (κ1) is 19.1. The maximum absolute atomic E-state index is 12.1. The average molecular weight is 399 g/mol. The molecule has 0 bridgehead atoms. The van der Waals surface area contributed by atoms with Crippen LogP contribution in [0, 0.1) is 17.0 Å². The van der Waals surface area contributed by atoms with E-state index in [4.69, 9.17) is 11.6 Å². The van der Waals surface area contributed by atoms with Gasteiger partial charge in [0.15, 0.2) is 0 Å². The number of hydrazine groups is 1. The van der Waals surface area contributed by atoms with E-state index in [2.05, 4.69) is 26.1 Å². The lowest BCUT2D eigenvalue weighted by Crippen LogP contribution is -2.30. The Kier molecular flexibility index (Phi) is 5.66. The molecular formula is C18H15ClN6O3. The molecule has 1 amide bonds. The number of aromatic nitrogens is 2. The summed E-state index contributed by atoms with van der Waals surface area (Å²) in [7, 11) is 0. The van der Waals surface area contributed by atoms with Crippen molar-refractivity contribution < 1.29 is 9.72 Å². The molecule has 28 heavy (non-hydrogen) atoms. The first-order chi connectivity index (χ1) is 13.5. The minimum atomic E-state index is -0.640. The highest BCUT2D eigenvalue weighted by molar-refractivity contribution is 6.30. The molecule has 10 heteroatoms. The summed E-state index contributed by atoms with van der Waals surface area (Å²) in [5, 5.41) is 15.0. The summed E-state index contributed by atoms with van der Waals surface area (Å²) in [6, 6.07) is 13.5. The molecule has 2 aromatic carbocycles. The molecule has 0 saturated carbocycles. The number of rotatable bonds is 6. The predicted octanol–water partition coefficient (Wildman–Crippen LogP) is 3.85. The van der Waals surface area contributed by atoms with E-state index in [9.17, 15) is 14.9 Å². The minimum absolute atomic E-state index is 0.0400. The Morgan fingerprint density at radius 3 is 2.54 bits per heavy atom. The molecule has 0 atom stereocenters. The normalized spacial score (nSPS) is 10.2. The average Bonchev–Trinajstić information content (AvgIpc) is 2.69. The van der Waals surface area contributed by atoms with E-state index in [0.717, 1.165) is 11.9 Å². The number of hydrogen-bond acceptors (Lipinski definition) is 7. The fraction of sp³-hybridized carbons (Fsp3) is 0.0556. The zero-order valence-electron chi connectivity index (χ0n) is 14.6. The SMILES string of the molecule is Cc1ccc(Cl)cc1Nc1ncnc(NNC(=O)c2ccccc2)c1[N+](=O)[O-]. The third-order valence-electron chi connectivity index (χ3n) is 3.79. The highest BCUT2D eigenvalue weighted by Crippen LogP contribution is 2.32. The lowest BCUT2D eigenvalue weighted by molar-refractivity contribution is -0.383. The monoisotopic (exact) mass is 398 g/mol. The van der Waals surface area contributed by atoms with Gasteiger partial charge in [0.25, 0.3) is 5.91 Å². The van der Waals surface area contributed by atoms with Crippen LogP contribution >= 0.6 is 11.6 Å². The van der Waals surface area contributed by atoms with Gasteiger partial charge in [-0.1, -0.05) is 35.9 Å². The van der Waals surface area contributed by atoms with E-state index in [1.54, 1.807) is 48.5 Å². The van der Waals surface area contributed by atoms with Gasteiger partial charge in [0.2, 0.25) is 11.6 Å². The molecule has 0 radical (unpaired) electrons. The summed E-state index contributed by atoms with van der Waals surface area (Å²) < 4.78 is 0. The number of halogens is 1. The molecule has 3 aromatic rings. The molecule has 0 saturated heterocycles. The maximum Gasteiger partial charge on any atom is 0.355 e. The molecule has 0 aliphatic rings. The van der Waals surface area contributed by atoms with Gasteiger partial charge < -0.3 is 5.32 Å². The van der Waals surface area contributed by atoms with Crippen LogP contribution in [0.5, 0.6) is 0 Å². The number of aryl methyl sites for hydroxylation is 1. The minimum Gasteiger partial charge on any atom is -0.334 e. The largest absolute Gasteiger partial charge is 0.355 e. The summed E-state index contributed by atoms with van der Waals surface area (Å²) in [5.74, 6) is -0.665. The van der Waals surface area contributed by atoms with Crippen molar-refractivity contribution in [2.45, 2.75) is 6.92 Å². The van der Waals surface area contributed by atoms with Crippen LogP contribution < -0.4 is 16.2 Å². The fourth-order valence-corrected chi connectivity index (χ4v) is 2.54. The van der Waals surface area contributed by atoms with Crippen LogP contribution in [0.4, 0.5) is 23.0 Å². The quantitative estimate of drug-likeness (QED) is 0.425. The second-order valence-corrected chi connectivity index (χ2v) is 6.14. The molecule has 0 aliphatic heterocycles. The third kappa shape index (κ3) is 4.33. The van der Waals surface area contributed by atoms with Crippen LogP contribution in [0.15, 0.2) is 54.9 Å². The Labute approximate surface area is 164 Å². The van der Waals surface area contributed by atoms with Crippen LogP contribution in [0.1, 0.15) is 15.9 Å². The summed E-state index contributed by atoms with van der Waals surface area (Å²) >= 11 is 5.99. The van der Waals surface area contributed by atoms with Gasteiger partial charge in [0, 0.05) is 16.3 Å². The van der Waals surface area contributed by atoms with Crippen molar-refractivity contribution in [3.63, 3.8) is 0 Å². The van der Waals surface area contributed by atoms with Crippen molar-refractivity contribution in [2.24, 2.45) is 0 Å². The lowest BCUT2D eigenvalue weighted by Gasteiger charge is -2.12. The van der Waals surface area contributed by atoms with Gasteiger partial charge in [-0.05, 0) is 36.8 Å². The topological polar surface area (TPSA) is 122 Å². The molecule has 142 valence electrons. The van der Waals surface area contributed by atoms with Crippen molar-refractivity contribution in [1.82, 2.24) is 15.4 Å². The van der Waals surface area contributed by atoms with Crippen LogP contribution in [-0.4, -0.2) is 20.8 Å². The maximum atomic E-state index is 12.1. The Hall–Kier alpha value is -3.72. The van der Waals surface area contributed by atoms with Crippen molar-refractivity contribution in [3.8, 4) is 0 Å². The summed E-state index contributed by atoms with van der Waals surface area (Å²) in [6.45, 7) is 1.82. The van der Waals surface area contributed by atoms with E-state index < -0.39 is 16.5 Å². The highest BCUT2D eigenvalue weighted by Gasteiger charge is 2.24. The molecule has 3 N–H and O–H groups in total. The molecule has 1 aromatic heterocycles. The van der Waals surface area contributed by atoms with Crippen LogP contribution in [0.2, 0.25) is 5.02 Å². The second kappa shape index (κ2) is 8.31. The van der Waals surface area contributed by atoms with Crippen molar-refractivity contribution in [2.75, 3.05) is 10.7 Å². The fourth-order valence-electron chi connectivity index (χ4n) is 2.37. The lowest BCUT2D eigenvalue weighted by atomic mass is 10.2. The third-order valence-corrected chi connectivity index (χ3v) is 4.02. The molecule has 0 spiro atoms. The molecule has 3 rings (SSSR count). The highest BCUT2D eigenvalue weighted by atomic mass is 35.5. The second-order valence-electron chi connectivity index (χ2n) is 5.71. The van der Waals surface area contributed by atoms with E-state index in [1.165, 1.54) is 0 Å². The van der Waals surface area contributed by atoms with Crippen molar-refractivity contribution in [1.29, 1.82) is 0 Å². The van der Waals surface area contributed by atoms with Crippen LogP contribution in [0.3, 0.4) is 0 Å². The number of nitrogens with one attached hydrogen (secondary N) is 3. The van der Waals surface area contributed by atoms with Crippen molar-refractivity contribution in [3.05, 3.63) is 81.1 Å². The van der Waals surface area contributed by atoms with E-state index in [1.807, 2.05) is 6.92 Å². The van der Waals surface area contributed by atoms with Gasteiger partial charge in [-0.15, -0.1) is 0 Å². The number of amides is 1. The molecule has 1 heterocycles. The number of nitrogens with zero attached hydrogens (tertiary/aromatic N) is 3. The first-order valence-corrected chi connectivity index (χ1v) is 8.47. The van der Waals surface area contributed by atoms with Gasteiger partial charge >= 0.3 is 5.69 Å². The number of hydrogen-bond donors (Lipinski definition) is 3. The Balaban J connectivity index is 1.86. The summed E-state index contributed by atoms with van der Waals surface area (Å²) in [6.07, 6.45) is 1.15. The Morgan fingerprint density at radius 1 is 1.11 bits per heavy atom. The van der Waals surface area contributed by atoms with Gasteiger partial charge in [-0.2, -0.15) is 0 Å². The Morgan fingerprint density at radius 2 is 1.82 bits per heavy atom. The smallest absolute Gasteiger partial charge is 0.334 e. The van der Waals surface area contributed by atoms with E-state index in [-0.39, 0.29) is 11.6 Å². The zero-order chi connectivity index (χ0) is 20.1. The van der Waals surface area contributed by atoms with E-state index in [0.29, 0.717) is 16.3 Å². The molecule has 0 fully saturated rings. The Bertz CT molecular complexity index is 1030. The summed E-state index contributed by atoms with van der Waals surface area (Å²) in [5.41, 5.74) is 6.23. The van der Waals surface area contributed by atoms with Gasteiger partial charge in [0.1, 0.15) is 6.33 Å². The first-order valence-electron chi connectivity index (χ1n) is 8.09. The molecule has 0 aliphatic carbocycles. The van der Waals surface area contributed by atoms with Crippen LogP contribution in [0.25, 0.3) is 0 Å². The number of carbonyl (C=O) groups excluding carboxylic acids is 1. The number of nitro groups is 1.